The fourth-order valence-corrected chi connectivity index (χ4v) is 3.31. The van der Waals surface area contributed by atoms with Crippen LogP contribution in [0.4, 0.5) is 0 Å². The minimum Gasteiger partial charge on any atom is -0.378 e. The van der Waals surface area contributed by atoms with E-state index in [1.807, 2.05) is 26.8 Å². The molecule has 0 N–H and O–H groups in total. The van der Waals surface area contributed by atoms with E-state index in [1.165, 1.54) is 4.90 Å². The minimum atomic E-state index is -1.28. The van der Waals surface area contributed by atoms with Gasteiger partial charge in [-0.3, -0.25) is 14.4 Å². The van der Waals surface area contributed by atoms with Crippen molar-refractivity contribution < 1.29 is 19.1 Å². The van der Waals surface area contributed by atoms with Crippen molar-refractivity contribution in [3.63, 3.8) is 0 Å². The van der Waals surface area contributed by atoms with Gasteiger partial charge in [0.05, 0.1) is 19.3 Å². The molecule has 7 heteroatoms. The molecule has 25 heavy (non-hydrogen) atoms. The highest BCUT2D eigenvalue weighted by Gasteiger charge is 2.39. The third kappa shape index (κ3) is 4.57. The maximum atomic E-state index is 12.8. The Morgan fingerprint density at radius 3 is 2.32 bits per heavy atom. The van der Waals surface area contributed by atoms with Gasteiger partial charge in [0, 0.05) is 37.5 Å². The van der Waals surface area contributed by atoms with Crippen LogP contribution in [0.15, 0.2) is 0 Å². The number of nitriles is 1. The number of piperidine rings is 1. The van der Waals surface area contributed by atoms with Gasteiger partial charge in [0.15, 0.2) is 11.7 Å². The average molecular weight is 349 g/mol. The highest BCUT2D eigenvalue weighted by molar-refractivity contribution is 6.05. The summed E-state index contributed by atoms with van der Waals surface area (Å²) in [6, 6.07) is 1.89. The van der Waals surface area contributed by atoms with Crippen LogP contribution < -0.4 is 0 Å². The third-order valence-electron chi connectivity index (χ3n) is 4.74. The molecule has 0 aromatic heterocycles. The maximum Gasteiger partial charge on any atom is 0.247 e. The molecule has 138 valence electrons. The first-order valence-electron chi connectivity index (χ1n) is 8.85. The first-order valence-corrected chi connectivity index (χ1v) is 8.85. The zero-order valence-electron chi connectivity index (χ0n) is 15.3. The molecule has 2 fully saturated rings. The lowest BCUT2D eigenvalue weighted by Crippen LogP contribution is -2.50. The predicted octanol–water partition coefficient (Wildman–Crippen LogP) is 0.839. The topological polar surface area (TPSA) is 90.7 Å². The van der Waals surface area contributed by atoms with Crippen LogP contribution in [0.25, 0.3) is 0 Å². The van der Waals surface area contributed by atoms with Crippen LogP contribution in [-0.4, -0.2) is 66.8 Å². The third-order valence-corrected chi connectivity index (χ3v) is 4.74. The van der Waals surface area contributed by atoms with Gasteiger partial charge in [-0.05, 0) is 12.8 Å². The molecule has 2 heterocycles. The summed E-state index contributed by atoms with van der Waals surface area (Å²) < 4.78 is 5.21. The summed E-state index contributed by atoms with van der Waals surface area (Å²) >= 11 is 0. The summed E-state index contributed by atoms with van der Waals surface area (Å²) in [6.07, 6.45) is 1.32. The van der Waals surface area contributed by atoms with Gasteiger partial charge in [0.1, 0.15) is 0 Å². The van der Waals surface area contributed by atoms with E-state index in [2.05, 4.69) is 0 Å². The van der Waals surface area contributed by atoms with Gasteiger partial charge in [-0.25, -0.2) is 0 Å². The lowest BCUT2D eigenvalue weighted by molar-refractivity contribution is -0.146. The number of Topliss-reactive ketones (excluding diaryl/α,β-unsaturated/α-hetero) is 1. The van der Waals surface area contributed by atoms with Crippen molar-refractivity contribution in [3.05, 3.63) is 0 Å². The highest BCUT2D eigenvalue weighted by Crippen LogP contribution is 2.26. The molecular weight excluding hydrogens is 322 g/mol. The van der Waals surface area contributed by atoms with Crippen molar-refractivity contribution >= 4 is 17.6 Å². The molecule has 2 saturated heterocycles. The zero-order valence-corrected chi connectivity index (χ0v) is 15.3. The van der Waals surface area contributed by atoms with Gasteiger partial charge >= 0.3 is 0 Å². The summed E-state index contributed by atoms with van der Waals surface area (Å²) in [5, 5.41) is 9.40. The van der Waals surface area contributed by atoms with Crippen LogP contribution in [0.3, 0.4) is 0 Å². The number of ether oxygens (including phenoxy) is 1. The molecule has 0 aliphatic carbocycles. The molecule has 2 atom stereocenters. The van der Waals surface area contributed by atoms with E-state index in [0.29, 0.717) is 52.2 Å². The number of ketones is 1. The Morgan fingerprint density at radius 2 is 1.76 bits per heavy atom. The second-order valence-electron chi connectivity index (χ2n) is 7.74. The largest absolute Gasteiger partial charge is 0.378 e. The summed E-state index contributed by atoms with van der Waals surface area (Å²) in [4.78, 5) is 41.0. The number of carbonyl (C=O) groups excluding carboxylic acids is 3. The van der Waals surface area contributed by atoms with Gasteiger partial charge in [-0.1, -0.05) is 20.8 Å². The molecule has 0 saturated carbocycles. The first kappa shape index (κ1) is 19.4. The van der Waals surface area contributed by atoms with E-state index in [4.69, 9.17) is 4.74 Å². The van der Waals surface area contributed by atoms with Crippen molar-refractivity contribution in [2.45, 2.75) is 33.6 Å². The van der Waals surface area contributed by atoms with E-state index < -0.39 is 23.2 Å². The van der Waals surface area contributed by atoms with E-state index in [-0.39, 0.29) is 11.7 Å². The van der Waals surface area contributed by atoms with Crippen LogP contribution in [0.5, 0.6) is 0 Å². The molecule has 0 radical (unpaired) electrons. The lowest BCUT2D eigenvalue weighted by atomic mass is 9.85. The quantitative estimate of drug-likeness (QED) is 0.704. The van der Waals surface area contributed by atoms with E-state index in [1.54, 1.807) is 4.90 Å². The van der Waals surface area contributed by atoms with Crippen LogP contribution in [0.2, 0.25) is 0 Å². The number of likely N-dealkylation sites (tertiary alicyclic amines) is 1. The van der Waals surface area contributed by atoms with Gasteiger partial charge in [-0.2, -0.15) is 5.26 Å². The Labute approximate surface area is 148 Å². The molecule has 0 aromatic rings. The molecule has 2 amide bonds. The number of hydrogen-bond donors (Lipinski definition) is 0. The summed E-state index contributed by atoms with van der Waals surface area (Å²) in [5.41, 5.74) is -0.511. The molecule has 2 rings (SSSR count). The lowest BCUT2D eigenvalue weighted by Gasteiger charge is -2.36. The van der Waals surface area contributed by atoms with Crippen molar-refractivity contribution in [3.8, 4) is 6.07 Å². The van der Waals surface area contributed by atoms with Gasteiger partial charge in [-0.15, -0.1) is 0 Å². The standard InChI is InChI=1S/C18H27N3O4/c1-18(2,3)17(24)21-6-4-5-13(12-21)15(22)14(11-19)16(23)20-7-9-25-10-8-20/h13-14H,4-10,12H2,1-3H3/t13-,14+/m0/s1. The Balaban J connectivity index is 2.05. The molecule has 0 spiro atoms. The van der Waals surface area contributed by atoms with Gasteiger partial charge in [0.25, 0.3) is 0 Å². The van der Waals surface area contributed by atoms with Crippen molar-refractivity contribution in [2.24, 2.45) is 17.3 Å². The fraction of sp³-hybridized carbons (Fsp3) is 0.778. The Hall–Kier alpha value is -1.94. The number of nitrogens with zero attached hydrogens (tertiary/aromatic N) is 3. The number of hydrogen-bond acceptors (Lipinski definition) is 5. The normalized spacial score (nSPS) is 22.9. The van der Waals surface area contributed by atoms with Gasteiger partial charge < -0.3 is 14.5 Å². The molecule has 2 aliphatic heterocycles. The monoisotopic (exact) mass is 349 g/mol. The second kappa shape index (κ2) is 7.96. The van der Waals surface area contributed by atoms with Crippen molar-refractivity contribution in [1.82, 2.24) is 9.80 Å². The average Bonchev–Trinajstić information content (AvgIpc) is 2.61. The molecule has 7 nitrogen and oxygen atoms in total. The zero-order chi connectivity index (χ0) is 18.6. The number of amides is 2. The predicted molar refractivity (Wildman–Crippen MR) is 90.3 cm³/mol. The first-order chi connectivity index (χ1) is 11.8. The Bertz CT molecular complexity index is 570. The molecule has 0 unspecified atom stereocenters. The summed E-state index contributed by atoms with van der Waals surface area (Å²) in [7, 11) is 0. The number of rotatable bonds is 3. The minimum absolute atomic E-state index is 0.00184. The van der Waals surface area contributed by atoms with Crippen LogP contribution in [0.1, 0.15) is 33.6 Å². The maximum absolute atomic E-state index is 12.8. The van der Waals surface area contributed by atoms with Crippen LogP contribution in [0, 0.1) is 28.6 Å². The number of morpholine rings is 1. The second-order valence-corrected chi connectivity index (χ2v) is 7.74. The molecule has 0 bridgehead atoms. The van der Waals surface area contributed by atoms with Crippen LogP contribution >= 0.6 is 0 Å². The highest BCUT2D eigenvalue weighted by atomic mass is 16.5. The van der Waals surface area contributed by atoms with E-state index >= 15 is 0 Å². The fourth-order valence-electron chi connectivity index (χ4n) is 3.31. The Kier molecular flexibility index (Phi) is 6.17. The van der Waals surface area contributed by atoms with E-state index in [0.717, 1.165) is 0 Å². The van der Waals surface area contributed by atoms with Crippen molar-refractivity contribution in [2.75, 3.05) is 39.4 Å². The van der Waals surface area contributed by atoms with Crippen LogP contribution in [-0.2, 0) is 19.1 Å². The summed E-state index contributed by atoms with van der Waals surface area (Å²) in [6.45, 7) is 8.12. The Morgan fingerprint density at radius 1 is 1.12 bits per heavy atom. The van der Waals surface area contributed by atoms with Gasteiger partial charge in [0.2, 0.25) is 11.8 Å². The number of carbonyl (C=O) groups is 3. The molecular formula is C18H27N3O4. The molecule has 0 aromatic carbocycles. The smallest absolute Gasteiger partial charge is 0.247 e. The summed E-state index contributed by atoms with van der Waals surface area (Å²) in [5.74, 6) is -2.53. The van der Waals surface area contributed by atoms with E-state index in [9.17, 15) is 19.6 Å². The SMILES string of the molecule is CC(C)(C)C(=O)N1CCC[C@H](C(=O)[C@@H](C#N)C(=O)N2CCOCC2)C1. The van der Waals surface area contributed by atoms with Crippen molar-refractivity contribution in [1.29, 1.82) is 5.26 Å². The molecule has 2 aliphatic rings.